The second-order valence-corrected chi connectivity index (χ2v) is 2.36. The van der Waals surface area contributed by atoms with Gasteiger partial charge in [-0.2, -0.15) is 5.10 Å². The van der Waals surface area contributed by atoms with Crippen LogP contribution in [0.25, 0.3) is 0 Å². The first-order valence-electron chi connectivity index (χ1n) is 3.43. The van der Waals surface area contributed by atoms with Crippen molar-refractivity contribution in [2.45, 2.75) is 12.8 Å². The van der Waals surface area contributed by atoms with E-state index >= 15 is 0 Å². The Kier molecular flexibility index (Phi) is 1.27. The van der Waals surface area contributed by atoms with Crippen molar-refractivity contribution in [3.8, 4) is 0 Å². The quantitative estimate of drug-likeness (QED) is 0.565. The van der Waals surface area contributed by atoms with E-state index in [1.165, 1.54) is 0 Å². The molecule has 10 heavy (non-hydrogen) atoms. The van der Waals surface area contributed by atoms with Crippen LogP contribution in [0.1, 0.15) is 12.1 Å². The van der Waals surface area contributed by atoms with Crippen LogP contribution >= 0.6 is 0 Å². The summed E-state index contributed by atoms with van der Waals surface area (Å²) >= 11 is 0. The van der Waals surface area contributed by atoms with Crippen LogP contribution in [0.15, 0.2) is 6.07 Å². The highest BCUT2D eigenvalue weighted by atomic mass is 15.1. The fourth-order valence-corrected chi connectivity index (χ4v) is 1.14. The van der Waals surface area contributed by atoms with Gasteiger partial charge in [0.05, 0.1) is 11.4 Å². The van der Waals surface area contributed by atoms with E-state index in [1.807, 2.05) is 6.07 Å². The summed E-state index contributed by atoms with van der Waals surface area (Å²) in [7, 11) is 0. The molecule has 1 aromatic rings. The summed E-state index contributed by atoms with van der Waals surface area (Å²) in [6.07, 6.45) is 4.90. The molecule has 2 heterocycles. The van der Waals surface area contributed by atoms with Crippen molar-refractivity contribution in [3.05, 3.63) is 18.0 Å². The molecule has 0 aromatic carbocycles. The zero-order valence-electron chi connectivity index (χ0n) is 5.59. The molecule has 0 spiro atoms. The maximum absolute atomic E-state index is 3.95. The zero-order valence-corrected chi connectivity index (χ0v) is 5.59. The standard InChI is InChI=1S/C7H8N3/c1-2-7-6(8-4-1)3-5-9-10-7/h3,8H,1-2,4H2. The molecule has 0 unspecified atom stereocenters. The van der Waals surface area contributed by atoms with Crippen molar-refractivity contribution in [1.82, 2.24) is 10.2 Å². The molecule has 3 nitrogen and oxygen atoms in total. The lowest BCUT2D eigenvalue weighted by Gasteiger charge is -2.14. The molecule has 0 atom stereocenters. The van der Waals surface area contributed by atoms with Crippen molar-refractivity contribution >= 4 is 5.69 Å². The number of fused-ring (bicyclic) bond motifs is 1. The van der Waals surface area contributed by atoms with E-state index in [1.54, 1.807) is 0 Å². The average molecular weight is 134 g/mol. The number of aryl methyl sites for hydroxylation is 1. The van der Waals surface area contributed by atoms with Gasteiger partial charge in [0, 0.05) is 6.54 Å². The van der Waals surface area contributed by atoms with Crippen molar-refractivity contribution in [2.24, 2.45) is 0 Å². The Morgan fingerprint density at radius 2 is 2.60 bits per heavy atom. The van der Waals surface area contributed by atoms with E-state index in [2.05, 4.69) is 21.7 Å². The van der Waals surface area contributed by atoms with E-state index in [0.29, 0.717) is 0 Å². The van der Waals surface area contributed by atoms with Gasteiger partial charge in [-0.3, -0.25) is 0 Å². The van der Waals surface area contributed by atoms with Crippen LogP contribution in [0.4, 0.5) is 5.69 Å². The fraction of sp³-hybridized carbons (Fsp3) is 0.429. The highest BCUT2D eigenvalue weighted by Gasteiger charge is 2.07. The summed E-state index contributed by atoms with van der Waals surface area (Å²) in [4.78, 5) is 0. The molecular weight excluding hydrogens is 126 g/mol. The van der Waals surface area contributed by atoms with Crippen LogP contribution in [-0.4, -0.2) is 16.7 Å². The molecule has 1 aliphatic rings. The van der Waals surface area contributed by atoms with Gasteiger partial charge in [0.15, 0.2) is 0 Å². The zero-order chi connectivity index (χ0) is 6.81. The number of aromatic nitrogens is 2. The second-order valence-electron chi connectivity index (χ2n) is 2.36. The molecule has 0 aliphatic carbocycles. The molecule has 1 aliphatic heterocycles. The third-order valence-electron chi connectivity index (χ3n) is 1.65. The Morgan fingerprint density at radius 1 is 1.60 bits per heavy atom. The Morgan fingerprint density at radius 3 is 3.50 bits per heavy atom. The summed E-state index contributed by atoms with van der Waals surface area (Å²) in [6, 6.07) is 1.85. The smallest absolute Gasteiger partial charge is 0.115 e. The number of anilines is 1. The summed E-state index contributed by atoms with van der Waals surface area (Å²) < 4.78 is 0. The Balaban J connectivity index is 2.41. The van der Waals surface area contributed by atoms with Crippen LogP contribution in [0.5, 0.6) is 0 Å². The van der Waals surface area contributed by atoms with Gasteiger partial charge in [-0.15, -0.1) is 5.10 Å². The molecule has 1 radical (unpaired) electrons. The van der Waals surface area contributed by atoms with Crippen LogP contribution < -0.4 is 5.32 Å². The predicted molar refractivity (Wildman–Crippen MR) is 37.7 cm³/mol. The van der Waals surface area contributed by atoms with Gasteiger partial charge in [0.25, 0.3) is 0 Å². The summed E-state index contributed by atoms with van der Waals surface area (Å²) in [6.45, 7) is 1.05. The number of hydrogen-bond donors (Lipinski definition) is 1. The molecule has 51 valence electrons. The predicted octanol–water partition coefficient (Wildman–Crippen LogP) is 0.635. The molecule has 0 saturated carbocycles. The van der Waals surface area contributed by atoms with Gasteiger partial charge < -0.3 is 5.32 Å². The van der Waals surface area contributed by atoms with Crippen LogP contribution in [0, 0.1) is 6.20 Å². The first-order valence-corrected chi connectivity index (χ1v) is 3.43. The Bertz CT molecular complexity index is 209. The van der Waals surface area contributed by atoms with E-state index in [-0.39, 0.29) is 0 Å². The Labute approximate surface area is 59.5 Å². The maximum Gasteiger partial charge on any atom is 0.115 e. The molecule has 1 aromatic heterocycles. The molecule has 1 N–H and O–H groups in total. The van der Waals surface area contributed by atoms with Gasteiger partial charge in [-0.1, -0.05) is 0 Å². The van der Waals surface area contributed by atoms with Crippen molar-refractivity contribution < 1.29 is 0 Å². The molecule has 0 saturated heterocycles. The minimum atomic E-state index is 1.05. The van der Waals surface area contributed by atoms with Gasteiger partial charge in [0.2, 0.25) is 0 Å². The van der Waals surface area contributed by atoms with Gasteiger partial charge >= 0.3 is 0 Å². The lowest BCUT2D eigenvalue weighted by Crippen LogP contribution is -2.13. The topological polar surface area (TPSA) is 37.8 Å². The highest BCUT2D eigenvalue weighted by Crippen LogP contribution is 2.16. The van der Waals surface area contributed by atoms with E-state index in [4.69, 9.17) is 0 Å². The normalized spacial score (nSPS) is 15.6. The summed E-state index contributed by atoms with van der Waals surface area (Å²) in [5.74, 6) is 0. The van der Waals surface area contributed by atoms with Crippen molar-refractivity contribution in [3.63, 3.8) is 0 Å². The van der Waals surface area contributed by atoms with E-state index < -0.39 is 0 Å². The summed E-state index contributed by atoms with van der Waals surface area (Å²) in [5, 5.41) is 10.9. The molecule has 0 amide bonds. The number of nitrogens with one attached hydrogen (secondary N) is 1. The third kappa shape index (κ3) is 0.835. The van der Waals surface area contributed by atoms with Crippen molar-refractivity contribution in [1.29, 1.82) is 0 Å². The van der Waals surface area contributed by atoms with E-state index in [9.17, 15) is 0 Å². The van der Waals surface area contributed by atoms with Gasteiger partial charge in [-0.25, -0.2) is 0 Å². The summed E-state index contributed by atoms with van der Waals surface area (Å²) in [5.41, 5.74) is 2.17. The largest absolute Gasteiger partial charge is 0.383 e. The van der Waals surface area contributed by atoms with Crippen LogP contribution in [-0.2, 0) is 6.42 Å². The average Bonchev–Trinajstić information content (AvgIpc) is 2.05. The molecule has 2 rings (SSSR count). The first-order chi connectivity index (χ1) is 4.97. The molecule has 0 bridgehead atoms. The van der Waals surface area contributed by atoms with E-state index in [0.717, 1.165) is 30.8 Å². The number of nitrogens with zero attached hydrogens (tertiary/aromatic N) is 2. The molecule has 0 fully saturated rings. The maximum atomic E-state index is 3.95. The number of hydrogen-bond acceptors (Lipinski definition) is 3. The molecule has 3 heteroatoms. The second kappa shape index (κ2) is 2.25. The third-order valence-corrected chi connectivity index (χ3v) is 1.65. The fourth-order valence-electron chi connectivity index (χ4n) is 1.14. The van der Waals surface area contributed by atoms with Crippen molar-refractivity contribution in [2.75, 3.05) is 11.9 Å². The first kappa shape index (κ1) is 5.65. The Hall–Kier alpha value is -1.12. The van der Waals surface area contributed by atoms with Crippen LogP contribution in [0.2, 0.25) is 0 Å². The van der Waals surface area contributed by atoms with Gasteiger partial charge in [0.1, 0.15) is 6.20 Å². The minimum absolute atomic E-state index is 1.05. The SMILES string of the molecule is [c]1cc2c(nn1)CCCN2. The lowest BCUT2D eigenvalue weighted by atomic mass is 10.1. The monoisotopic (exact) mass is 134 g/mol. The van der Waals surface area contributed by atoms with Crippen LogP contribution in [0.3, 0.4) is 0 Å². The lowest BCUT2D eigenvalue weighted by molar-refractivity contribution is 0.773. The molecular formula is C7H8N3. The minimum Gasteiger partial charge on any atom is -0.383 e. The van der Waals surface area contributed by atoms with Gasteiger partial charge in [-0.05, 0) is 18.9 Å². The number of rotatable bonds is 0. The highest BCUT2D eigenvalue weighted by molar-refractivity contribution is 5.47.